The Morgan fingerprint density at radius 1 is 1.00 bits per heavy atom. The molecule has 1 aliphatic carbocycles. The molecule has 0 amide bonds. The van der Waals surface area contributed by atoms with Gasteiger partial charge in [-0.3, -0.25) is 0 Å². The van der Waals surface area contributed by atoms with Crippen molar-refractivity contribution < 1.29 is 5.11 Å². The number of aryl methyl sites for hydroxylation is 1. The number of hydrogen-bond donors (Lipinski definition) is 1. The summed E-state index contributed by atoms with van der Waals surface area (Å²) in [6, 6.07) is 17.8. The van der Waals surface area contributed by atoms with Gasteiger partial charge in [0.1, 0.15) is 0 Å². The second kappa shape index (κ2) is 5.98. The van der Waals surface area contributed by atoms with Gasteiger partial charge in [-0.2, -0.15) is 0 Å². The SMILES string of the molecule is CCC(O)CC1CCc2c(ccc3c2ccc2ccccc23)C1. The first kappa shape index (κ1) is 14.7. The maximum atomic E-state index is 9.95. The number of fused-ring (bicyclic) bond motifs is 5. The molecule has 0 radical (unpaired) electrons. The molecule has 0 saturated carbocycles. The van der Waals surface area contributed by atoms with Crippen LogP contribution >= 0.6 is 0 Å². The summed E-state index contributed by atoms with van der Waals surface area (Å²) in [5.41, 5.74) is 3.03. The zero-order chi connectivity index (χ0) is 15.8. The zero-order valence-electron chi connectivity index (χ0n) is 13.8. The first-order chi connectivity index (χ1) is 11.3. The summed E-state index contributed by atoms with van der Waals surface area (Å²) < 4.78 is 0. The lowest BCUT2D eigenvalue weighted by molar-refractivity contribution is 0.134. The third kappa shape index (κ3) is 2.64. The first-order valence-electron chi connectivity index (χ1n) is 8.86. The normalized spacial score (nSPS) is 19.0. The molecule has 118 valence electrons. The molecule has 23 heavy (non-hydrogen) atoms. The van der Waals surface area contributed by atoms with Crippen molar-refractivity contribution in [3.63, 3.8) is 0 Å². The Hall–Kier alpha value is -1.86. The van der Waals surface area contributed by atoms with Crippen molar-refractivity contribution >= 4 is 21.5 Å². The van der Waals surface area contributed by atoms with Gasteiger partial charge in [0.05, 0.1) is 6.10 Å². The minimum atomic E-state index is -0.133. The fourth-order valence-corrected chi connectivity index (χ4v) is 4.20. The van der Waals surface area contributed by atoms with Crippen molar-refractivity contribution in [1.29, 1.82) is 0 Å². The molecule has 3 aromatic rings. The highest BCUT2D eigenvalue weighted by Gasteiger charge is 2.22. The van der Waals surface area contributed by atoms with Gasteiger partial charge in [-0.25, -0.2) is 0 Å². The Balaban J connectivity index is 1.76. The first-order valence-corrected chi connectivity index (χ1v) is 8.86. The maximum Gasteiger partial charge on any atom is 0.0540 e. The third-order valence-electron chi connectivity index (χ3n) is 5.52. The van der Waals surface area contributed by atoms with Crippen LogP contribution in [0.3, 0.4) is 0 Å². The molecule has 0 heterocycles. The summed E-state index contributed by atoms with van der Waals surface area (Å²) in [4.78, 5) is 0. The highest BCUT2D eigenvalue weighted by molar-refractivity contribution is 6.08. The smallest absolute Gasteiger partial charge is 0.0540 e. The number of hydrogen-bond acceptors (Lipinski definition) is 1. The molecule has 0 aromatic heterocycles. The number of rotatable bonds is 3. The van der Waals surface area contributed by atoms with Crippen LogP contribution in [0.15, 0.2) is 48.5 Å². The largest absolute Gasteiger partial charge is 0.393 e. The van der Waals surface area contributed by atoms with Crippen LogP contribution in [0.1, 0.15) is 37.3 Å². The molecule has 1 aliphatic rings. The van der Waals surface area contributed by atoms with Crippen LogP contribution in [-0.4, -0.2) is 11.2 Å². The summed E-state index contributed by atoms with van der Waals surface area (Å²) in [6.45, 7) is 2.07. The minimum Gasteiger partial charge on any atom is -0.393 e. The van der Waals surface area contributed by atoms with E-state index in [0.29, 0.717) is 5.92 Å². The van der Waals surface area contributed by atoms with Crippen molar-refractivity contribution in [2.45, 2.75) is 45.1 Å². The Kier molecular flexibility index (Phi) is 3.82. The van der Waals surface area contributed by atoms with E-state index >= 15 is 0 Å². The second-order valence-corrected chi connectivity index (χ2v) is 6.99. The lowest BCUT2D eigenvalue weighted by Gasteiger charge is -2.27. The van der Waals surface area contributed by atoms with E-state index < -0.39 is 0 Å². The third-order valence-corrected chi connectivity index (χ3v) is 5.52. The molecule has 1 nitrogen and oxygen atoms in total. The molecule has 2 atom stereocenters. The van der Waals surface area contributed by atoms with E-state index in [0.717, 1.165) is 25.7 Å². The average Bonchev–Trinajstić information content (AvgIpc) is 2.60. The molecule has 0 fully saturated rings. The summed E-state index contributed by atoms with van der Waals surface area (Å²) in [5, 5.41) is 15.4. The van der Waals surface area contributed by atoms with E-state index in [9.17, 15) is 5.11 Å². The molecular formula is C22H24O. The van der Waals surface area contributed by atoms with E-state index in [2.05, 4.69) is 55.5 Å². The topological polar surface area (TPSA) is 20.2 Å². The van der Waals surface area contributed by atoms with Gasteiger partial charge in [-0.1, -0.05) is 55.5 Å². The monoisotopic (exact) mass is 304 g/mol. The molecular weight excluding hydrogens is 280 g/mol. The van der Waals surface area contributed by atoms with E-state index in [1.54, 1.807) is 0 Å². The summed E-state index contributed by atoms with van der Waals surface area (Å²) in [7, 11) is 0. The summed E-state index contributed by atoms with van der Waals surface area (Å²) >= 11 is 0. The molecule has 0 spiro atoms. The molecule has 0 saturated heterocycles. The van der Waals surface area contributed by atoms with Gasteiger partial charge in [0, 0.05) is 0 Å². The molecule has 2 unspecified atom stereocenters. The van der Waals surface area contributed by atoms with Crippen molar-refractivity contribution in [2.75, 3.05) is 0 Å². The molecule has 4 rings (SSSR count). The maximum absolute atomic E-state index is 9.95. The summed E-state index contributed by atoms with van der Waals surface area (Å²) in [6.07, 6.45) is 5.15. The number of aliphatic hydroxyl groups excluding tert-OH is 1. The van der Waals surface area contributed by atoms with Crippen LogP contribution in [0.2, 0.25) is 0 Å². The van der Waals surface area contributed by atoms with Crippen LogP contribution < -0.4 is 0 Å². The standard InChI is InChI=1S/C22H24O/c1-2-18(23)14-15-7-10-20-17(13-15)9-12-21-19-6-4-3-5-16(19)8-11-22(20)21/h3-6,8-9,11-12,15,18,23H,2,7,10,13-14H2,1H3. The highest BCUT2D eigenvalue weighted by atomic mass is 16.3. The van der Waals surface area contributed by atoms with Crippen LogP contribution in [0.4, 0.5) is 0 Å². The predicted molar refractivity (Wildman–Crippen MR) is 97.9 cm³/mol. The van der Waals surface area contributed by atoms with Crippen molar-refractivity contribution in [3.8, 4) is 0 Å². The lowest BCUT2D eigenvalue weighted by Crippen LogP contribution is -2.20. The molecule has 3 aromatic carbocycles. The lowest BCUT2D eigenvalue weighted by atomic mass is 9.79. The van der Waals surface area contributed by atoms with E-state index in [4.69, 9.17) is 0 Å². The predicted octanol–water partition coefficient (Wildman–Crippen LogP) is 5.26. The van der Waals surface area contributed by atoms with Gasteiger partial charge in [0.2, 0.25) is 0 Å². The Morgan fingerprint density at radius 3 is 2.70 bits per heavy atom. The summed E-state index contributed by atoms with van der Waals surface area (Å²) in [5.74, 6) is 0.635. The van der Waals surface area contributed by atoms with E-state index in [1.165, 1.54) is 39.1 Å². The van der Waals surface area contributed by atoms with Gasteiger partial charge >= 0.3 is 0 Å². The van der Waals surface area contributed by atoms with E-state index in [-0.39, 0.29) is 6.10 Å². The van der Waals surface area contributed by atoms with Crippen LogP contribution in [-0.2, 0) is 12.8 Å². The van der Waals surface area contributed by atoms with Crippen molar-refractivity contribution in [1.82, 2.24) is 0 Å². The Labute approximate surface area is 138 Å². The Bertz CT molecular complexity index is 849. The minimum absolute atomic E-state index is 0.133. The quantitative estimate of drug-likeness (QED) is 0.654. The fourth-order valence-electron chi connectivity index (χ4n) is 4.20. The molecule has 0 aliphatic heterocycles. The van der Waals surface area contributed by atoms with Crippen molar-refractivity contribution in [2.24, 2.45) is 5.92 Å². The average molecular weight is 304 g/mol. The van der Waals surface area contributed by atoms with Gasteiger partial charge in [-0.05, 0) is 70.7 Å². The van der Waals surface area contributed by atoms with Crippen LogP contribution in [0, 0.1) is 5.92 Å². The number of benzene rings is 3. The zero-order valence-corrected chi connectivity index (χ0v) is 13.8. The van der Waals surface area contributed by atoms with Gasteiger partial charge in [0.15, 0.2) is 0 Å². The van der Waals surface area contributed by atoms with Crippen LogP contribution in [0.25, 0.3) is 21.5 Å². The van der Waals surface area contributed by atoms with Gasteiger partial charge in [-0.15, -0.1) is 0 Å². The fraction of sp³-hybridized carbons (Fsp3) is 0.364. The van der Waals surface area contributed by atoms with Gasteiger partial charge < -0.3 is 5.11 Å². The second-order valence-electron chi connectivity index (χ2n) is 6.99. The van der Waals surface area contributed by atoms with E-state index in [1.807, 2.05) is 0 Å². The van der Waals surface area contributed by atoms with Crippen LogP contribution in [0.5, 0.6) is 0 Å². The highest BCUT2D eigenvalue weighted by Crippen LogP contribution is 2.36. The molecule has 1 heteroatoms. The number of aliphatic hydroxyl groups is 1. The van der Waals surface area contributed by atoms with Gasteiger partial charge in [0.25, 0.3) is 0 Å². The molecule has 0 bridgehead atoms. The van der Waals surface area contributed by atoms with Crippen molar-refractivity contribution in [3.05, 3.63) is 59.7 Å². The molecule has 1 N–H and O–H groups in total. The Morgan fingerprint density at radius 2 is 1.83 bits per heavy atom.